The van der Waals surface area contributed by atoms with Crippen LogP contribution in [0.5, 0.6) is 0 Å². The van der Waals surface area contributed by atoms with Crippen LogP contribution >= 0.6 is 0 Å². The Hall–Kier alpha value is -0.188. The van der Waals surface area contributed by atoms with E-state index in [0.29, 0.717) is 0 Å². The average molecular weight is 133 g/mol. The van der Waals surface area contributed by atoms with Crippen LogP contribution in [-0.4, -0.2) is 0 Å². The molecule has 0 aliphatic heterocycles. The molecule has 0 amide bonds. The molecule has 0 N–H and O–H groups in total. The van der Waals surface area contributed by atoms with Crippen LogP contribution in [0.1, 0.15) is 6.42 Å². The topological polar surface area (TPSA) is 17.1 Å². The summed E-state index contributed by atoms with van der Waals surface area (Å²) < 4.78 is 8.12. The molecule has 0 radical (unpaired) electrons. The standard InChI is InChI=1S/C5H5.Cr.O/c1-2-4-5-3-1;;/h1-3H,4H2;;/q-1;;. The van der Waals surface area contributed by atoms with Crippen LogP contribution in [0.3, 0.4) is 0 Å². The zero-order valence-electron chi connectivity index (χ0n) is 3.76. The number of rotatable bonds is 0. The van der Waals surface area contributed by atoms with Crippen LogP contribution in [0.4, 0.5) is 0 Å². The van der Waals surface area contributed by atoms with Gasteiger partial charge in [0.05, 0.1) is 0 Å². The summed E-state index contributed by atoms with van der Waals surface area (Å²) >= 11 is 1.38. The summed E-state index contributed by atoms with van der Waals surface area (Å²) in [7, 11) is 0. The molecule has 38 valence electrons. The van der Waals surface area contributed by atoms with Gasteiger partial charge in [0, 0.05) is 0 Å². The summed E-state index contributed by atoms with van der Waals surface area (Å²) in [5.74, 6) is 0. The Balaban J connectivity index is 0.000000162. The van der Waals surface area contributed by atoms with E-state index in [-0.39, 0.29) is 0 Å². The van der Waals surface area contributed by atoms with E-state index >= 15 is 0 Å². The minimum absolute atomic E-state index is 1.01. The van der Waals surface area contributed by atoms with Crippen molar-refractivity contribution in [2.75, 3.05) is 0 Å². The van der Waals surface area contributed by atoms with E-state index in [0.717, 1.165) is 6.42 Å². The van der Waals surface area contributed by atoms with Crippen molar-refractivity contribution in [2.45, 2.75) is 6.42 Å². The summed E-state index contributed by atoms with van der Waals surface area (Å²) in [6, 6.07) is 0. The van der Waals surface area contributed by atoms with Gasteiger partial charge in [0.15, 0.2) is 0 Å². The van der Waals surface area contributed by atoms with Crippen molar-refractivity contribution in [1.82, 2.24) is 0 Å². The van der Waals surface area contributed by atoms with Gasteiger partial charge in [-0.3, -0.25) is 6.08 Å². The van der Waals surface area contributed by atoms with Crippen LogP contribution in [0, 0.1) is 6.08 Å². The molecular formula is C5H5CrO-. The van der Waals surface area contributed by atoms with Crippen LogP contribution in [0.2, 0.25) is 0 Å². The Kier molecular flexibility index (Phi) is 5.66. The van der Waals surface area contributed by atoms with Crippen molar-refractivity contribution in [3.8, 4) is 0 Å². The third kappa shape index (κ3) is 3.65. The number of hydrogen-bond donors (Lipinski definition) is 0. The van der Waals surface area contributed by atoms with E-state index in [2.05, 4.69) is 12.2 Å². The molecule has 1 aliphatic carbocycles. The summed E-state index contributed by atoms with van der Waals surface area (Å²) in [5, 5.41) is 0. The molecule has 0 aromatic heterocycles. The molecule has 0 saturated carbocycles. The van der Waals surface area contributed by atoms with E-state index in [9.17, 15) is 0 Å². The van der Waals surface area contributed by atoms with Gasteiger partial charge < -0.3 is 0 Å². The minimum atomic E-state index is 1.01. The van der Waals surface area contributed by atoms with E-state index < -0.39 is 0 Å². The second-order valence-corrected chi connectivity index (χ2v) is 1.00. The molecule has 0 fully saturated rings. The molecule has 0 unspecified atom stereocenters. The monoisotopic (exact) mass is 133 g/mol. The third-order valence-electron chi connectivity index (χ3n) is 0.586. The maximum atomic E-state index is 8.12. The first-order chi connectivity index (χ1) is 3.50. The van der Waals surface area contributed by atoms with Gasteiger partial charge in [-0.15, -0.1) is 6.42 Å². The molecule has 2 heteroatoms. The van der Waals surface area contributed by atoms with E-state index in [1.54, 1.807) is 0 Å². The molecule has 1 rings (SSSR count). The van der Waals surface area contributed by atoms with Crippen molar-refractivity contribution < 1.29 is 20.0 Å². The van der Waals surface area contributed by atoms with Gasteiger partial charge >= 0.3 is 20.0 Å². The summed E-state index contributed by atoms with van der Waals surface area (Å²) in [6.45, 7) is 0. The molecule has 0 aromatic rings. The van der Waals surface area contributed by atoms with E-state index in [1.165, 1.54) is 16.2 Å². The van der Waals surface area contributed by atoms with Gasteiger partial charge in [0.25, 0.3) is 0 Å². The molecule has 0 spiro atoms. The predicted octanol–water partition coefficient (Wildman–Crippen LogP) is 1.18. The first-order valence-electron chi connectivity index (χ1n) is 1.88. The summed E-state index contributed by atoms with van der Waals surface area (Å²) in [6.07, 6.45) is 10.0. The van der Waals surface area contributed by atoms with Crippen molar-refractivity contribution in [3.63, 3.8) is 0 Å². The molecule has 0 aromatic carbocycles. The van der Waals surface area contributed by atoms with E-state index in [4.69, 9.17) is 3.80 Å². The first kappa shape index (κ1) is 6.81. The summed E-state index contributed by atoms with van der Waals surface area (Å²) in [4.78, 5) is 0. The normalized spacial score (nSPS) is 13.1. The molecule has 0 heterocycles. The molecule has 0 atom stereocenters. The Bertz CT molecular complexity index is 76.1. The number of allylic oxidation sites excluding steroid dienone is 4. The Morgan fingerprint density at radius 2 is 2.29 bits per heavy atom. The fraction of sp³-hybridized carbons (Fsp3) is 0.200. The third-order valence-corrected chi connectivity index (χ3v) is 0.586. The van der Waals surface area contributed by atoms with Crippen LogP contribution in [0.15, 0.2) is 18.2 Å². The van der Waals surface area contributed by atoms with Crippen LogP contribution in [0.25, 0.3) is 0 Å². The SMILES string of the molecule is [C-]1=CC=CC1.[O]=[Cr]. The summed E-state index contributed by atoms with van der Waals surface area (Å²) in [5.41, 5.74) is 0. The Morgan fingerprint density at radius 3 is 2.43 bits per heavy atom. The molecule has 7 heavy (non-hydrogen) atoms. The van der Waals surface area contributed by atoms with Gasteiger partial charge in [0.2, 0.25) is 0 Å². The second-order valence-electron chi connectivity index (χ2n) is 1.00. The van der Waals surface area contributed by atoms with Crippen molar-refractivity contribution in [2.24, 2.45) is 0 Å². The average Bonchev–Trinajstić information content (AvgIpc) is 2.23. The predicted molar refractivity (Wildman–Crippen MR) is 22.3 cm³/mol. The molecular weight excluding hydrogens is 128 g/mol. The van der Waals surface area contributed by atoms with Crippen molar-refractivity contribution >= 4 is 0 Å². The zero-order valence-corrected chi connectivity index (χ0v) is 5.03. The Labute approximate surface area is 51.4 Å². The van der Waals surface area contributed by atoms with Gasteiger partial charge in [-0.1, -0.05) is 0 Å². The van der Waals surface area contributed by atoms with Crippen LogP contribution < -0.4 is 0 Å². The maximum absolute atomic E-state index is 8.12. The second kappa shape index (κ2) is 5.81. The fourth-order valence-electron chi connectivity index (χ4n) is 0.340. The van der Waals surface area contributed by atoms with Gasteiger partial charge in [-0.25, -0.2) is 12.2 Å². The molecule has 0 saturated heterocycles. The fourth-order valence-corrected chi connectivity index (χ4v) is 0.340. The number of hydrogen-bond acceptors (Lipinski definition) is 1. The quantitative estimate of drug-likeness (QED) is 0.453. The van der Waals surface area contributed by atoms with Gasteiger partial charge in [-0.2, -0.15) is 6.08 Å². The molecule has 1 aliphatic rings. The van der Waals surface area contributed by atoms with Gasteiger partial charge in [0.1, 0.15) is 0 Å². The molecule has 0 bridgehead atoms. The first-order valence-corrected chi connectivity index (χ1v) is 2.40. The zero-order chi connectivity index (χ0) is 5.54. The van der Waals surface area contributed by atoms with Crippen LogP contribution in [-0.2, 0) is 20.0 Å². The molecule has 1 nitrogen and oxygen atoms in total. The van der Waals surface area contributed by atoms with Gasteiger partial charge in [-0.05, 0) is 0 Å². The van der Waals surface area contributed by atoms with E-state index in [1.807, 2.05) is 12.2 Å². The van der Waals surface area contributed by atoms with Crippen molar-refractivity contribution in [3.05, 3.63) is 24.3 Å². The Morgan fingerprint density at radius 1 is 1.57 bits per heavy atom. The van der Waals surface area contributed by atoms with Crippen molar-refractivity contribution in [1.29, 1.82) is 0 Å².